The second-order valence-corrected chi connectivity index (χ2v) is 8.06. The molecular weight excluding hydrogens is 454 g/mol. The van der Waals surface area contributed by atoms with Crippen molar-refractivity contribution in [3.63, 3.8) is 0 Å². The second kappa shape index (κ2) is 10.1. The summed E-state index contributed by atoms with van der Waals surface area (Å²) in [7, 11) is 0. The lowest BCUT2D eigenvalue weighted by Crippen LogP contribution is -2.23. The standard InChI is InChI=1S/C25H22BrN3O2/c26-22-5-3-4-21(14-22)17-31-24-7-2-1-6-23(24)25(30)28-15-19-8-10-20(11-9-19)16-29-13-12-27-18-29/h1-14,18H,15-17H2,(H,28,30). The summed E-state index contributed by atoms with van der Waals surface area (Å²) in [5, 5.41) is 2.99. The minimum absolute atomic E-state index is 0.160. The summed E-state index contributed by atoms with van der Waals surface area (Å²) in [5.74, 6) is 0.406. The molecule has 0 saturated carbocycles. The zero-order valence-electron chi connectivity index (χ0n) is 16.9. The van der Waals surface area contributed by atoms with Crippen molar-refractivity contribution in [1.82, 2.24) is 14.9 Å². The SMILES string of the molecule is O=C(NCc1ccc(Cn2ccnc2)cc1)c1ccccc1OCc1cccc(Br)c1. The van der Waals surface area contributed by atoms with Gasteiger partial charge in [-0.25, -0.2) is 4.98 Å². The fraction of sp³-hybridized carbons (Fsp3) is 0.120. The van der Waals surface area contributed by atoms with Crippen LogP contribution in [0.2, 0.25) is 0 Å². The first-order valence-corrected chi connectivity index (χ1v) is 10.7. The first-order chi connectivity index (χ1) is 15.2. The number of rotatable bonds is 8. The Morgan fingerprint density at radius 2 is 1.77 bits per heavy atom. The Kier molecular flexibility index (Phi) is 6.79. The molecule has 4 rings (SSSR count). The number of para-hydroxylation sites is 1. The van der Waals surface area contributed by atoms with E-state index in [-0.39, 0.29) is 5.91 Å². The zero-order chi connectivity index (χ0) is 21.5. The van der Waals surface area contributed by atoms with E-state index in [1.165, 1.54) is 5.56 Å². The van der Waals surface area contributed by atoms with Crippen LogP contribution in [-0.4, -0.2) is 15.5 Å². The number of nitrogens with one attached hydrogen (secondary N) is 1. The molecule has 0 saturated heterocycles. The summed E-state index contributed by atoms with van der Waals surface area (Å²) in [5.41, 5.74) is 3.77. The van der Waals surface area contributed by atoms with Gasteiger partial charge >= 0.3 is 0 Å². The Bertz CT molecular complexity index is 1140. The molecule has 0 fully saturated rings. The maximum absolute atomic E-state index is 12.8. The molecule has 1 aromatic heterocycles. The van der Waals surface area contributed by atoms with Crippen molar-refractivity contribution in [2.45, 2.75) is 19.7 Å². The Morgan fingerprint density at radius 1 is 0.968 bits per heavy atom. The number of imidazole rings is 1. The number of ether oxygens (including phenoxy) is 1. The first-order valence-electron chi connectivity index (χ1n) is 9.95. The number of nitrogens with zero attached hydrogens (tertiary/aromatic N) is 2. The number of aromatic nitrogens is 2. The van der Waals surface area contributed by atoms with E-state index in [0.29, 0.717) is 24.5 Å². The van der Waals surface area contributed by atoms with Gasteiger partial charge in [-0.05, 0) is 41.0 Å². The van der Waals surface area contributed by atoms with Gasteiger partial charge < -0.3 is 14.6 Å². The number of carbonyl (C=O) groups is 1. The summed E-state index contributed by atoms with van der Waals surface area (Å²) >= 11 is 3.46. The fourth-order valence-corrected chi connectivity index (χ4v) is 3.65. The molecule has 0 unspecified atom stereocenters. The van der Waals surface area contributed by atoms with Crippen LogP contribution < -0.4 is 10.1 Å². The van der Waals surface area contributed by atoms with E-state index in [4.69, 9.17) is 4.74 Å². The van der Waals surface area contributed by atoms with Crippen LogP contribution in [-0.2, 0) is 19.7 Å². The van der Waals surface area contributed by atoms with Crippen LogP contribution in [0.25, 0.3) is 0 Å². The number of amides is 1. The summed E-state index contributed by atoms with van der Waals surface area (Å²) in [6.07, 6.45) is 5.50. The van der Waals surface area contributed by atoms with E-state index in [1.54, 1.807) is 18.6 Å². The largest absolute Gasteiger partial charge is 0.488 e. The lowest BCUT2D eigenvalue weighted by molar-refractivity contribution is 0.0946. The highest BCUT2D eigenvalue weighted by Crippen LogP contribution is 2.20. The highest BCUT2D eigenvalue weighted by molar-refractivity contribution is 9.10. The van der Waals surface area contributed by atoms with Crippen molar-refractivity contribution in [1.29, 1.82) is 0 Å². The van der Waals surface area contributed by atoms with Crippen molar-refractivity contribution in [2.24, 2.45) is 0 Å². The van der Waals surface area contributed by atoms with E-state index < -0.39 is 0 Å². The third-order valence-electron chi connectivity index (χ3n) is 4.82. The van der Waals surface area contributed by atoms with Crippen LogP contribution in [0.15, 0.2) is 96.0 Å². The molecule has 0 spiro atoms. The third-order valence-corrected chi connectivity index (χ3v) is 5.31. The van der Waals surface area contributed by atoms with E-state index in [2.05, 4.69) is 38.4 Å². The lowest BCUT2D eigenvalue weighted by Gasteiger charge is -2.12. The average molecular weight is 476 g/mol. The predicted octanol–water partition coefficient (Wildman–Crippen LogP) is 5.20. The highest BCUT2D eigenvalue weighted by atomic mass is 79.9. The van der Waals surface area contributed by atoms with Crippen LogP contribution in [0, 0.1) is 0 Å². The maximum atomic E-state index is 12.8. The smallest absolute Gasteiger partial charge is 0.255 e. The van der Waals surface area contributed by atoms with Gasteiger partial charge in [-0.3, -0.25) is 4.79 Å². The zero-order valence-corrected chi connectivity index (χ0v) is 18.5. The number of benzene rings is 3. The van der Waals surface area contributed by atoms with Gasteiger partial charge in [-0.15, -0.1) is 0 Å². The second-order valence-electron chi connectivity index (χ2n) is 7.15. The van der Waals surface area contributed by atoms with Gasteiger partial charge in [0.2, 0.25) is 0 Å². The Morgan fingerprint density at radius 3 is 2.55 bits per heavy atom. The lowest BCUT2D eigenvalue weighted by atomic mass is 10.1. The molecular formula is C25H22BrN3O2. The Labute approximate surface area is 189 Å². The summed E-state index contributed by atoms with van der Waals surface area (Å²) in [6.45, 7) is 1.61. The normalized spacial score (nSPS) is 10.6. The van der Waals surface area contributed by atoms with Crippen molar-refractivity contribution in [3.8, 4) is 5.75 Å². The van der Waals surface area contributed by atoms with Gasteiger partial charge in [0, 0.05) is 30.0 Å². The molecule has 4 aromatic rings. The molecule has 1 amide bonds. The molecule has 31 heavy (non-hydrogen) atoms. The maximum Gasteiger partial charge on any atom is 0.255 e. The van der Waals surface area contributed by atoms with Gasteiger partial charge in [0.25, 0.3) is 5.91 Å². The molecule has 0 radical (unpaired) electrons. The van der Waals surface area contributed by atoms with Gasteiger partial charge in [0.1, 0.15) is 12.4 Å². The van der Waals surface area contributed by atoms with Crippen LogP contribution in [0.4, 0.5) is 0 Å². The van der Waals surface area contributed by atoms with Crippen LogP contribution >= 0.6 is 15.9 Å². The molecule has 0 aliphatic heterocycles. The fourth-order valence-electron chi connectivity index (χ4n) is 3.20. The molecule has 6 heteroatoms. The molecule has 1 heterocycles. The van der Waals surface area contributed by atoms with E-state index in [1.807, 2.05) is 65.4 Å². The van der Waals surface area contributed by atoms with Crippen LogP contribution in [0.3, 0.4) is 0 Å². The quantitative estimate of drug-likeness (QED) is 0.380. The molecule has 5 nitrogen and oxygen atoms in total. The molecule has 0 bridgehead atoms. The predicted molar refractivity (Wildman–Crippen MR) is 124 cm³/mol. The first kappa shape index (κ1) is 20.9. The number of hydrogen-bond acceptors (Lipinski definition) is 3. The molecule has 3 aromatic carbocycles. The van der Waals surface area contributed by atoms with Gasteiger partial charge in [0.15, 0.2) is 0 Å². The summed E-state index contributed by atoms with van der Waals surface area (Å²) in [4.78, 5) is 16.8. The summed E-state index contributed by atoms with van der Waals surface area (Å²) in [6, 6.07) is 23.4. The molecule has 0 aliphatic rings. The van der Waals surface area contributed by atoms with E-state index >= 15 is 0 Å². The van der Waals surface area contributed by atoms with E-state index in [0.717, 1.165) is 22.1 Å². The monoisotopic (exact) mass is 475 g/mol. The van der Waals surface area contributed by atoms with Gasteiger partial charge in [0.05, 0.1) is 11.9 Å². The third kappa shape index (κ3) is 5.83. The molecule has 0 aliphatic carbocycles. The number of halogens is 1. The molecule has 1 N–H and O–H groups in total. The van der Waals surface area contributed by atoms with Gasteiger partial charge in [-0.2, -0.15) is 0 Å². The highest BCUT2D eigenvalue weighted by Gasteiger charge is 2.12. The molecule has 0 atom stereocenters. The Balaban J connectivity index is 1.35. The van der Waals surface area contributed by atoms with Crippen molar-refractivity contribution >= 4 is 21.8 Å². The minimum atomic E-state index is -0.160. The van der Waals surface area contributed by atoms with Crippen LogP contribution in [0.5, 0.6) is 5.75 Å². The number of hydrogen-bond donors (Lipinski definition) is 1. The minimum Gasteiger partial charge on any atom is -0.488 e. The van der Waals surface area contributed by atoms with Crippen LogP contribution in [0.1, 0.15) is 27.0 Å². The molecule has 156 valence electrons. The average Bonchev–Trinajstić information content (AvgIpc) is 3.30. The summed E-state index contributed by atoms with van der Waals surface area (Å²) < 4.78 is 8.94. The Hall–Kier alpha value is -3.38. The van der Waals surface area contributed by atoms with Crippen molar-refractivity contribution in [3.05, 3.63) is 118 Å². The van der Waals surface area contributed by atoms with Gasteiger partial charge in [-0.1, -0.05) is 64.5 Å². The topological polar surface area (TPSA) is 56.2 Å². The van der Waals surface area contributed by atoms with Crippen molar-refractivity contribution in [2.75, 3.05) is 0 Å². The van der Waals surface area contributed by atoms with Crippen molar-refractivity contribution < 1.29 is 9.53 Å². The number of carbonyl (C=O) groups excluding carboxylic acids is 1. The van der Waals surface area contributed by atoms with E-state index in [9.17, 15) is 4.79 Å².